The lowest BCUT2D eigenvalue weighted by Crippen LogP contribution is -2.34. The van der Waals surface area contributed by atoms with Crippen LogP contribution in [0, 0.1) is 0 Å². The first-order chi connectivity index (χ1) is 9.61. The van der Waals surface area contributed by atoms with E-state index in [0.29, 0.717) is 19.1 Å². The number of rotatable bonds is 7. The summed E-state index contributed by atoms with van der Waals surface area (Å²) in [6.07, 6.45) is 1.61. The second-order valence-electron chi connectivity index (χ2n) is 5.59. The van der Waals surface area contributed by atoms with Crippen molar-refractivity contribution >= 4 is 11.0 Å². The molecule has 0 aliphatic rings. The molecule has 1 unspecified atom stereocenters. The van der Waals surface area contributed by atoms with Gasteiger partial charge in [-0.1, -0.05) is 32.9 Å². The first-order valence-corrected chi connectivity index (χ1v) is 7.47. The highest BCUT2D eigenvalue weighted by Crippen LogP contribution is 2.17. The molecule has 0 fully saturated rings. The normalized spacial score (nSPS) is 13.2. The molecule has 1 aromatic heterocycles. The molecule has 0 saturated carbocycles. The van der Waals surface area contributed by atoms with E-state index < -0.39 is 6.10 Å². The van der Waals surface area contributed by atoms with E-state index in [1.54, 1.807) is 0 Å². The van der Waals surface area contributed by atoms with Crippen LogP contribution in [0.15, 0.2) is 24.3 Å². The van der Waals surface area contributed by atoms with Gasteiger partial charge in [0.2, 0.25) is 0 Å². The molecule has 4 nitrogen and oxygen atoms in total. The van der Waals surface area contributed by atoms with Crippen LogP contribution in [0.2, 0.25) is 0 Å². The molecule has 0 aliphatic carbocycles. The van der Waals surface area contributed by atoms with E-state index in [-0.39, 0.29) is 0 Å². The van der Waals surface area contributed by atoms with Crippen LogP contribution in [0.1, 0.15) is 33.0 Å². The van der Waals surface area contributed by atoms with Crippen molar-refractivity contribution in [2.45, 2.75) is 52.3 Å². The maximum absolute atomic E-state index is 10.2. The molecule has 4 heteroatoms. The lowest BCUT2D eigenvalue weighted by molar-refractivity contribution is 0.149. The van der Waals surface area contributed by atoms with Gasteiger partial charge in [-0.2, -0.15) is 0 Å². The zero-order valence-corrected chi connectivity index (χ0v) is 12.6. The Hall–Kier alpha value is -1.39. The molecule has 20 heavy (non-hydrogen) atoms. The quantitative estimate of drug-likeness (QED) is 0.815. The van der Waals surface area contributed by atoms with Crippen LogP contribution in [-0.4, -0.2) is 33.3 Å². The van der Waals surface area contributed by atoms with Gasteiger partial charge in [0.1, 0.15) is 5.82 Å². The highest BCUT2D eigenvalue weighted by atomic mass is 16.3. The lowest BCUT2D eigenvalue weighted by atomic mass is 10.2. The Labute approximate surface area is 120 Å². The Morgan fingerprint density at radius 1 is 1.30 bits per heavy atom. The van der Waals surface area contributed by atoms with E-state index in [4.69, 9.17) is 0 Å². The van der Waals surface area contributed by atoms with E-state index in [1.807, 2.05) is 18.2 Å². The van der Waals surface area contributed by atoms with Gasteiger partial charge in [0.25, 0.3) is 0 Å². The number of para-hydroxylation sites is 2. The first-order valence-electron chi connectivity index (χ1n) is 7.47. The number of aliphatic hydroxyl groups excluding tert-OH is 1. The first kappa shape index (κ1) is 15.0. The van der Waals surface area contributed by atoms with Gasteiger partial charge in [0.15, 0.2) is 0 Å². The van der Waals surface area contributed by atoms with Crippen LogP contribution >= 0.6 is 0 Å². The molecule has 0 aliphatic heterocycles. The van der Waals surface area contributed by atoms with Gasteiger partial charge in [-0.05, 0) is 18.6 Å². The van der Waals surface area contributed by atoms with E-state index in [9.17, 15) is 5.11 Å². The number of aromatic nitrogens is 2. The fourth-order valence-corrected chi connectivity index (χ4v) is 2.39. The van der Waals surface area contributed by atoms with Crippen LogP contribution in [0.4, 0.5) is 0 Å². The fourth-order valence-electron chi connectivity index (χ4n) is 2.39. The second kappa shape index (κ2) is 6.86. The summed E-state index contributed by atoms with van der Waals surface area (Å²) >= 11 is 0. The molecule has 1 atom stereocenters. The third-order valence-corrected chi connectivity index (χ3v) is 3.36. The Balaban J connectivity index is 2.20. The van der Waals surface area contributed by atoms with Gasteiger partial charge in [-0.15, -0.1) is 0 Å². The lowest BCUT2D eigenvalue weighted by Gasteiger charge is -2.16. The number of imidazole rings is 1. The molecule has 0 spiro atoms. The van der Waals surface area contributed by atoms with Crippen molar-refractivity contribution in [2.75, 3.05) is 6.54 Å². The van der Waals surface area contributed by atoms with Gasteiger partial charge in [0, 0.05) is 19.0 Å². The van der Waals surface area contributed by atoms with Crippen LogP contribution in [-0.2, 0) is 13.0 Å². The van der Waals surface area contributed by atoms with Crippen molar-refractivity contribution in [3.63, 3.8) is 0 Å². The number of nitrogens with zero attached hydrogens (tertiary/aromatic N) is 2. The predicted molar refractivity (Wildman–Crippen MR) is 82.9 cm³/mol. The standard InChI is InChI=1S/C16H25N3O/c1-4-7-16-18-14-8-5-6-9-15(14)19(16)11-13(20)10-17-12(2)3/h5-6,8-9,12-13,17,20H,4,7,10-11H2,1-3H3. The summed E-state index contributed by atoms with van der Waals surface area (Å²) < 4.78 is 2.16. The third kappa shape index (κ3) is 3.58. The van der Waals surface area contributed by atoms with Crippen molar-refractivity contribution in [1.82, 2.24) is 14.9 Å². The predicted octanol–water partition coefficient (Wildman–Crippen LogP) is 2.35. The molecule has 1 heterocycles. The summed E-state index contributed by atoms with van der Waals surface area (Å²) in [5.74, 6) is 1.07. The van der Waals surface area contributed by atoms with E-state index in [0.717, 1.165) is 29.7 Å². The highest BCUT2D eigenvalue weighted by Gasteiger charge is 2.13. The summed E-state index contributed by atoms with van der Waals surface area (Å²) in [5.41, 5.74) is 2.12. The van der Waals surface area contributed by atoms with Crippen LogP contribution in [0.3, 0.4) is 0 Å². The van der Waals surface area contributed by atoms with Gasteiger partial charge >= 0.3 is 0 Å². The van der Waals surface area contributed by atoms with Gasteiger partial charge in [0.05, 0.1) is 23.7 Å². The summed E-state index contributed by atoms with van der Waals surface area (Å²) in [5, 5.41) is 13.5. The highest BCUT2D eigenvalue weighted by molar-refractivity contribution is 5.75. The number of hydrogen-bond donors (Lipinski definition) is 2. The molecular weight excluding hydrogens is 250 g/mol. The summed E-state index contributed by atoms with van der Waals surface area (Å²) in [4.78, 5) is 4.68. The van der Waals surface area contributed by atoms with E-state index in [1.165, 1.54) is 0 Å². The monoisotopic (exact) mass is 275 g/mol. The number of nitrogens with one attached hydrogen (secondary N) is 1. The molecule has 2 N–H and O–H groups in total. The summed E-state index contributed by atoms with van der Waals surface area (Å²) in [6.45, 7) is 7.52. The second-order valence-corrected chi connectivity index (χ2v) is 5.59. The Morgan fingerprint density at radius 3 is 2.75 bits per heavy atom. The SMILES string of the molecule is CCCc1nc2ccccc2n1CC(O)CNC(C)C. The molecule has 0 saturated heterocycles. The summed E-state index contributed by atoms with van der Waals surface area (Å²) in [7, 11) is 0. The number of hydrogen-bond acceptors (Lipinski definition) is 3. The number of aryl methyl sites for hydroxylation is 1. The average molecular weight is 275 g/mol. The van der Waals surface area contributed by atoms with Crippen LogP contribution in [0.5, 0.6) is 0 Å². The molecule has 0 radical (unpaired) electrons. The number of fused-ring (bicyclic) bond motifs is 1. The van der Waals surface area contributed by atoms with Crippen LogP contribution < -0.4 is 5.32 Å². The van der Waals surface area contributed by atoms with Crippen molar-refractivity contribution in [3.05, 3.63) is 30.1 Å². The Kier molecular flexibility index (Phi) is 5.15. The molecular formula is C16H25N3O. The molecule has 1 aromatic carbocycles. The smallest absolute Gasteiger partial charge is 0.109 e. The Bertz CT molecular complexity index is 548. The summed E-state index contributed by atoms with van der Waals surface area (Å²) in [6, 6.07) is 8.52. The maximum Gasteiger partial charge on any atom is 0.109 e. The molecule has 110 valence electrons. The van der Waals surface area contributed by atoms with Crippen molar-refractivity contribution in [3.8, 4) is 0 Å². The van der Waals surface area contributed by atoms with Crippen molar-refractivity contribution < 1.29 is 5.11 Å². The van der Waals surface area contributed by atoms with E-state index in [2.05, 4.69) is 41.7 Å². The molecule has 0 bridgehead atoms. The zero-order chi connectivity index (χ0) is 14.5. The minimum atomic E-state index is -0.398. The third-order valence-electron chi connectivity index (χ3n) is 3.36. The largest absolute Gasteiger partial charge is 0.390 e. The average Bonchev–Trinajstić information content (AvgIpc) is 2.75. The molecule has 0 amide bonds. The maximum atomic E-state index is 10.2. The zero-order valence-electron chi connectivity index (χ0n) is 12.6. The minimum absolute atomic E-state index is 0.388. The topological polar surface area (TPSA) is 50.1 Å². The molecule has 2 aromatic rings. The fraction of sp³-hybridized carbons (Fsp3) is 0.562. The van der Waals surface area contributed by atoms with Crippen molar-refractivity contribution in [2.24, 2.45) is 0 Å². The van der Waals surface area contributed by atoms with E-state index >= 15 is 0 Å². The minimum Gasteiger partial charge on any atom is -0.390 e. The van der Waals surface area contributed by atoms with Crippen molar-refractivity contribution in [1.29, 1.82) is 0 Å². The van der Waals surface area contributed by atoms with Gasteiger partial charge in [-0.3, -0.25) is 0 Å². The van der Waals surface area contributed by atoms with Gasteiger partial charge in [-0.25, -0.2) is 4.98 Å². The Morgan fingerprint density at radius 2 is 2.05 bits per heavy atom. The number of aliphatic hydroxyl groups is 1. The van der Waals surface area contributed by atoms with Gasteiger partial charge < -0.3 is 15.0 Å². The molecule has 2 rings (SSSR count). The van der Waals surface area contributed by atoms with Crippen LogP contribution in [0.25, 0.3) is 11.0 Å². The number of benzene rings is 1.